The minimum atomic E-state index is 0.345. The van der Waals surface area contributed by atoms with Crippen LogP contribution < -0.4 is 5.73 Å². The summed E-state index contributed by atoms with van der Waals surface area (Å²) >= 11 is 0. The summed E-state index contributed by atoms with van der Waals surface area (Å²) in [6, 6.07) is 12.2. The Labute approximate surface area is 98.4 Å². The number of hydrogen-bond acceptors (Lipinski definition) is 2. The molecule has 1 aromatic rings. The maximum Gasteiger partial charge on any atom is 0.0348 e. The molecular weight excluding hydrogens is 196 g/mol. The van der Waals surface area contributed by atoms with Crippen LogP contribution >= 0.6 is 0 Å². The lowest BCUT2D eigenvalue weighted by atomic mass is 10.0. The lowest BCUT2D eigenvalue weighted by Gasteiger charge is -2.32. The second-order valence-electron chi connectivity index (χ2n) is 4.77. The summed E-state index contributed by atoms with van der Waals surface area (Å²) in [5.74, 6) is 0. The summed E-state index contributed by atoms with van der Waals surface area (Å²) in [5, 5.41) is 0. The molecule has 2 nitrogen and oxygen atoms in total. The first-order chi connectivity index (χ1) is 7.74. The zero-order chi connectivity index (χ0) is 11.5. The number of rotatable bonds is 3. The van der Waals surface area contributed by atoms with Gasteiger partial charge in [-0.2, -0.15) is 0 Å². The molecule has 0 bridgehead atoms. The zero-order valence-corrected chi connectivity index (χ0v) is 10.3. The molecule has 1 fully saturated rings. The van der Waals surface area contributed by atoms with E-state index in [0.717, 1.165) is 19.4 Å². The number of nitrogens with two attached hydrogens (primary N) is 1. The van der Waals surface area contributed by atoms with Crippen LogP contribution in [-0.2, 0) is 0 Å². The van der Waals surface area contributed by atoms with Crippen molar-refractivity contribution in [1.29, 1.82) is 0 Å². The van der Waals surface area contributed by atoms with Crippen molar-refractivity contribution in [3.63, 3.8) is 0 Å². The molecule has 0 aromatic heterocycles. The smallest absolute Gasteiger partial charge is 0.0348 e. The van der Waals surface area contributed by atoms with E-state index in [9.17, 15) is 0 Å². The largest absolute Gasteiger partial charge is 0.326 e. The van der Waals surface area contributed by atoms with Crippen molar-refractivity contribution in [1.82, 2.24) is 4.90 Å². The van der Waals surface area contributed by atoms with Gasteiger partial charge >= 0.3 is 0 Å². The summed E-state index contributed by atoms with van der Waals surface area (Å²) in [6.07, 6.45) is 2.28. The first kappa shape index (κ1) is 11.6. The molecule has 1 aromatic carbocycles. The van der Waals surface area contributed by atoms with Gasteiger partial charge < -0.3 is 5.73 Å². The lowest BCUT2D eigenvalue weighted by Crippen LogP contribution is -2.38. The minimum absolute atomic E-state index is 0.345. The fourth-order valence-electron chi connectivity index (χ4n) is 2.77. The van der Waals surface area contributed by atoms with E-state index in [1.807, 2.05) is 0 Å². The van der Waals surface area contributed by atoms with Gasteiger partial charge in [0.25, 0.3) is 0 Å². The van der Waals surface area contributed by atoms with Gasteiger partial charge in [0.05, 0.1) is 0 Å². The topological polar surface area (TPSA) is 29.3 Å². The van der Waals surface area contributed by atoms with E-state index in [2.05, 4.69) is 49.1 Å². The fraction of sp³-hybridized carbons (Fsp3) is 0.571. The van der Waals surface area contributed by atoms with Gasteiger partial charge in [-0.15, -0.1) is 0 Å². The second-order valence-corrected chi connectivity index (χ2v) is 4.77. The molecule has 0 amide bonds. The second kappa shape index (κ2) is 4.98. The molecule has 1 heterocycles. The molecule has 1 saturated heterocycles. The van der Waals surface area contributed by atoms with E-state index in [1.165, 1.54) is 5.56 Å². The molecule has 88 valence electrons. The third-order valence-corrected chi connectivity index (χ3v) is 3.83. The minimum Gasteiger partial charge on any atom is -0.326 e. The van der Waals surface area contributed by atoms with E-state index in [-0.39, 0.29) is 0 Å². The van der Waals surface area contributed by atoms with Gasteiger partial charge in [0.15, 0.2) is 0 Å². The Morgan fingerprint density at radius 3 is 2.56 bits per heavy atom. The standard InChI is InChI=1S/C14H22N2/c1-3-14(12-7-5-4-6-8-12)16-10-9-13(15)11(16)2/h4-8,11,13-14H,3,9-10,15H2,1-2H3/t11?,13?,14-/m1/s1. The lowest BCUT2D eigenvalue weighted by molar-refractivity contribution is 0.180. The van der Waals surface area contributed by atoms with Crippen LogP contribution in [0.1, 0.15) is 38.3 Å². The van der Waals surface area contributed by atoms with Crippen LogP contribution in [0, 0.1) is 0 Å². The zero-order valence-electron chi connectivity index (χ0n) is 10.3. The van der Waals surface area contributed by atoms with Crippen LogP contribution in [0.3, 0.4) is 0 Å². The Bertz CT molecular complexity index is 323. The van der Waals surface area contributed by atoms with Gasteiger partial charge in [0, 0.05) is 24.7 Å². The summed E-state index contributed by atoms with van der Waals surface area (Å²) in [4.78, 5) is 2.56. The van der Waals surface area contributed by atoms with Crippen LogP contribution in [0.4, 0.5) is 0 Å². The molecule has 2 unspecified atom stereocenters. The van der Waals surface area contributed by atoms with Crippen molar-refractivity contribution in [3.05, 3.63) is 35.9 Å². The highest BCUT2D eigenvalue weighted by Crippen LogP contribution is 2.30. The molecule has 1 aliphatic rings. The number of nitrogens with zero attached hydrogens (tertiary/aromatic N) is 1. The Morgan fingerprint density at radius 1 is 1.38 bits per heavy atom. The molecule has 1 aliphatic heterocycles. The summed E-state index contributed by atoms with van der Waals surface area (Å²) in [6.45, 7) is 5.65. The Hall–Kier alpha value is -0.860. The normalized spacial score (nSPS) is 28.2. The van der Waals surface area contributed by atoms with Crippen LogP contribution in [0.5, 0.6) is 0 Å². The number of likely N-dealkylation sites (tertiary alicyclic amines) is 1. The highest BCUT2D eigenvalue weighted by Gasteiger charge is 2.32. The molecule has 0 spiro atoms. The summed E-state index contributed by atoms with van der Waals surface area (Å²) < 4.78 is 0. The third kappa shape index (κ3) is 2.13. The van der Waals surface area contributed by atoms with Crippen molar-refractivity contribution < 1.29 is 0 Å². The van der Waals surface area contributed by atoms with Crippen LogP contribution in [0.2, 0.25) is 0 Å². The average Bonchev–Trinajstić information content (AvgIpc) is 2.64. The third-order valence-electron chi connectivity index (χ3n) is 3.83. The van der Waals surface area contributed by atoms with Gasteiger partial charge in [-0.05, 0) is 25.3 Å². The SMILES string of the molecule is CC[C@H](c1ccccc1)N1CCC(N)C1C. The highest BCUT2D eigenvalue weighted by atomic mass is 15.2. The molecule has 2 rings (SSSR count). The van der Waals surface area contributed by atoms with E-state index in [0.29, 0.717) is 18.1 Å². The molecule has 0 saturated carbocycles. The number of hydrogen-bond donors (Lipinski definition) is 1. The average molecular weight is 218 g/mol. The predicted octanol–water partition coefficient (Wildman–Crippen LogP) is 2.56. The summed E-state index contributed by atoms with van der Waals surface area (Å²) in [5.41, 5.74) is 7.52. The van der Waals surface area contributed by atoms with E-state index < -0.39 is 0 Å². The Kier molecular flexibility index (Phi) is 3.62. The van der Waals surface area contributed by atoms with Crippen molar-refractivity contribution in [2.75, 3.05) is 6.54 Å². The predicted molar refractivity (Wildman–Crippen MR) is 68.2 cm³/mol. The van der Waals surface area contributed by atoms with Gasteiger partial charge in [-0.1, -0.05) is 37.3 Å². The molecule has 2 heteroatoms. The monoisotopic (exact) mass is 218 g/mol. The van der Waals surface area contributed by atoms with Gasteiger partial charge in [-0.3, -0.25) is 4.90 Å². The van der Waals surface area contributed by atoms with Gasteiger partial charge in [0.2, 0.25) is 0 Å². The highest BCUT2D eigenvalue weighted by molar-refractivity contribution is 5.19. The fourth-order valence-corrected chi connectivity index (χ4v) is 2.77. The maximum absolute atomic E-state index is 6.10. The Morgan fingerprint density at radius 2 is 2.06 bits per heavy atom. The van der Waals surface area contributed by atoms with Crippen LogP contribution in [0.25, 0.3) is 0 Å². The molecular formula is C14H22N2. The Balaban J connectivity index is 2.17. The number of benzene rings is 1. The van der Waals surface area contributed by atoms with Crippen molar-refractivity contribution in [2.45, 2.75) is 44.8 Å². The molecule has 2 N–H and O–H groups in total. The van der Waals surface area contributed by atoms with Gasteiger partial charge in [0.1, 0.15) is 0 Å². The first-order valence-corrected chi connectivity index (χ1v) is 6.30. The maximum atomic E-state index is 6.10. The molecule has 0 aliphatic carbocycles. The molecule has 16 heavy (non-hydrogen) atoms. The summed E-state index contributed by atoms with van der Waals surface area (Å²) in [7, 11) is 0. The van der Waals surface area contributed by atoms with Crippen molar-refractivity contribution in [2.24, 2.45) is 5.73 Å². The first-order valence-electron chi connectivity index (χ1n) is 6.30. The van der Waals surface area contributed by atoms with Gasteiger partial charge in [-0.25, -0.2) is 0 Å². The van der Waals surface area contributed by atoms with Crippen molar-refractivity contribution >= 4 is 0 Å². The van der Waals surface area contributed by atoms with E-state index >= 15 is 0 Å². The van der Waals surface area contributed by atoms with Crippen LogP contribution in [-0.4, -0.2) is 23.5 Å². The van der Waals surface area contributed by atoms with E-state index in [1.54, 1.807) is 0 Å². The van der Waals surface area contributed by atoms with E-state index in [4.69, 9.17) is 5.73 Å². The molecule has 0 radical (unpaired) electrons. The van der Waals surface area contributed by atoms with Crippen LogP contribution in [0.15, 0.2) is 30.3 Å². The quantitative estimate of drug-likeness (QED) is 0.845. The molecule has 3 atom stereocenters. The van der Waals surface area contributed by atoms with Crippen molar-refractivity contribution in [3.8, 4) is 0 Å².